The molecule has 0 amide bonds. The highest BCUT2D eigenvalue weighted by molar-refractivity contribution is 5.69. The van der Waals surface area contributed by atoms with Gasteiger partial charge in [-0.25, -0.2) is 4.98 Å². The zero-order valence-electron chi connectivity index (χ0n) is 21.4. The Labute approximate surface area is 212 Å². The molecule has 4 atom stereocenters. The molecule has 5 rings (SSSR count). The van der Waals surface area contributed by atoms with Crippen molar-refractivity contribution in [1.82, 2.24) is 19.6 Å². The number of likely N-dealkylation sites (tertiary alicyclic amines) is 1. The lowest BCUT2D eigenvalue weighted by Gasteiger charge is -2.24. The van der Waals surface area contributed by atoms with Gasteiger partial charge in [0.1, 0.15) is 17.6 Å². The van der Waals surface area contributed by atoms with E-state index in [1.54, 1.807) is 13.1 Å². The number of aromatic nitrogens is 3. The summed E-state index contributed by atoms with van der Waals surface area (Å²) >= 11 is 0. The number of aliphatic hydroxyl groups excluding tert-OH is 1. The van der Waals surface area contributed by atoms with Crippen molar-refractivity contribution in [2.75, 3.05) is 26.2 Å². The van der Waals surface area contributed by atoms with Crippen LogP contribution < -0.4 is 0 Å². The van der Waals surface area contributed by atoms with Crippen LogP contribution in [0.4, 0.5) is 0 Å². The number of carbonyl (C=O) groups is 1. The summed E-state index contributed by atoms with van der Waals surface area (Å²) in [5.41, 5.74) is 3.34. The second kappa shape index (κ2) is 10.2. The van der Waals surface area contributed by atoms with E-state index in [0.717, 1.165) is 49.5 Å². The molecule has 1 saturated carbocycles. The molecule has 8 heteroatoms. The standard InChI is InChI=1S/C28H36N4O4/c1-4-5-14-35-26(34)10-12-31-17-23-24(18-31)28(23,3)21-8-6-20(7-9-21)25-15-22(30-36-25)16-32-13-11-29-27(32)19(2)33/h6-9,11,13,15,19,23-24,33H,4-5,10,12,14,16-18H2,1-3H3/t19-,23-,24+,28-/m0/s1. The van der Waals surface area contributed by atoms with Gasteiger partial charge in [-0.2, -0.15) is 0 Å². The number of esters is 1. The molecular formula is C28H36N4O4. The number of carbonyl (C=O) groups excluding carboxylic acids is 1. The van der Waals surface area contributed by atoms with Crippen molar-refractivity contribution in [3.8, 4) is 11.3 Å². The molecule has 36 heavy (non-hydrogen) atoms. The summed E-state index contributed by atoms with van der Waals surface area (Å²) in [5, 5.41) is 14.1. The van der Waals surface area contributed by atoms with Gasteiger partial charge >= 0.3 is 5.97 Å². The maximum Gasteiger partial charge on any atom is 0.307 e. The minimum Gasteiger partial charge on any atom is -0.466 e. The van der Waals surface area contributed by atoms with E-state index < -0.39 is 6.10 Å². The first-order chi connectivity index (χ1) is 17.4. The highest BCUT2D eigenvalue weighted by Gasteiger charge is 2.65. The van der Waals surface area contributed by atoms with Gasteiger partial charge in [0, 0.05) is 49.1 Å². The van der Waals surface area contributed by atoms with E-state index in [9.17, 15) is 9.90 Å². The number of fused-ring (bicyclic) bond motifs is 1. The van der Waals surface area contributed by atoms with Gasteiger partial charge in [0.05, 0.1) is 19.6 Å². The zero-order valence-corrected chi connectivity index (χ0v) is 21.4. The Morgan fingerprint density at radius 1 is 1.28 bits per heavy atom. The van der Waals surface area contributed by atoms with Gasteiger partial charge in [0.15, 0.2) is 5.76 Å². The highest BCUT2D eigenvalue weighted by atomic mass is 16.5. The summed E-state index contributed by atoms with van der Waals surface area (Å²) in [6, 6.07) is 10.6. The average molecular weight is 493 g/mol. The van der Waals surface area contributed by atoms with Crippen LogP contribution in [0.3, 0.4) is 0 Å². The summed E-state index contributed by atoms with van der Waals surface area (Å²) in [6.07, 6.45) is 5.33. The van der Waals surface area contributed by atoms with Crippen LogP contribution in [0.2, 0.25) is 0 Å². The molecule has 3 aromatic rings. The second-order valence-corrected chi connectivity index (χ2v) is 10.4. The molecule has 0 radical (unpaired) electrons. The Kier molecular flexibility index (Phi) is 6.99. The van der Waals surface area contributed by atoms with Gasteiger partial charge in [0.2, 0.25) is 0 Å². The first-order valence-electron chi connectivity index (χ1n) is 13.0. The number of benzene rings is 1. The number of aliphatic hydroxyl groups is 1. The van der Waals surface area contributed by atoms with Crippen LogP contribution in [0, 0.1) is 11.8 Å². The summed E-state index contributed by atoms with van der Waals surface area (Å²) in [5.74, 6) is 2.53. The van der Waals surface area contributed by atoms with Gasteiger partial charge in [-0.05, 0) is 30.7 Å². The van der Waals surface area contributed by atoms with Crippen molar-refractivity contribution in [1.29, 1.82) is 0 Å². The maximum absolute atomic E-state index is 11.9. The SMILES string of the molecule is CCCCOC(=O)CCN1C[C@@H]2[C@H](C1)[C@]2(C)c1ccc(-c2cc(Cn3ccnc3[C@H](C)O)no2)cc1. The Morgan fingerprint density at radius 3 is 2.72 bits per heavy atom. The van der Waals surface area contributed by atoms with Crippen LogP contribution >= 0.6 is 0 Å². The number of rotatable bonds is 11. The molecule has 1 saturated heterocycles. The molecule has 0 unspecified atom stereocenters. The molecule has 1 aromatic carbocycles. The van der Waals surface area contributed by atoms with Gasteiger partial charge in [-0.1, -0.05) is 49.7 Å². The van der Waals surface area contributed by atoms with Crippen molar-refractivity contribution < 1.29 is 19.2 Å². The van der Waals surface area contributed by atoms with Crippen LogP contribution in [-0.2, 0) is 21.5 Å². The molecule has 0 spiro atoms. The Bertz CT molecular complexity index is 1170. The van der Waals surface area contributed by atoms with E-state index in [1.807, 2.05) is 16.8 Å². The molecule has 3 heterocycles. The Balaban J connectivity index is 1.15. The van der Waals surface area contributed by atoms with E-state index in [2.05, 4.69) is 53.2 Å². The number of hydrogen-bond donors (Lipinski definition) is 1. The molecule has 2 aliphatic rings. The molecular weight excluding hydrogens is 456 g/mol. The van der Waals surface area contributed by atoms with Crippen molar-refractivity contribution in [3.05, 3.63) is 59.8 Å². The minimum atomic E-state index is -0.638. The monoisotopic (exact) mass is 492 g/mol. The lowest BCUT2D eigenvalue weighted by molar-refractivity contribution is -0.144. The predicted molar refractivity (Wildman–Crippen MR) is 135 cm³/mol. The number of hydrogen-bond acceptors (Lipinski definition) is 7. The van der Waals surface area contributed by atoms with Crippen LogP contribution in [-0.4, -0.2) is 56.9 Å². The first-order valence-corrected chi connectivity index (χ1v) is 13.0. The minimum absolute atomic E-state index is 0.0774. The number of unbranched alkanes of at least 4 members (excludes halogenated alkanes) is 1. The van der Waals surface area contributed by atoms with Crippen molar-refractivity contribution >= 4 is 5.97 Å². The zero-order chi connectivity index (χ0) is 25.3. The molecule has 1 aliphatic heterocycles. The fourth-order valence-electron chi connectivity index (χ4n) is 5.74. The van der Waals surface area contributed by atoms with E-state index in [4.69, 9.17) is 9.26 Å². The van der Waals surface area contributed by atoms with Crippen molar-refractivity contribution in [2.24, 2.45) is 11.8 Å². The molecule has 2 aromatic heterocycles. The first kappa shape index (κ1) is 24.7. The van der Waals surface area contributed by atoms with Crippen LogP contribution in [0.5, 0.6) is 0 Å². The van der Waals surface area contributed by atoms with Crippen LogP contribution in [0.1, 0.15) is 63.2 Å². The third-order valence-corrected chi connectivity index (χ3v) is 8.02. The number of ether oxygens (including phenoxy) is 1. The third-order valence-electron chi connectivity index (χ3n) is 8.02. The molecule has 2 fully saturated rings. The summed E-state index contributed by atoms with van der Waals surface area (Å²) in [4.78, 5) is 18.5. The topological polar surface area (TPSA) is 93.6 Å². The molecule has 192 valence electrons. The number of piperidine rings is 1. The van der Waals surface area contributed by atoms with E-state index in [-0.39, 0.29) is 11.4 Å². The normalized spacial score (nSPS) is 24.0. The largest absolute Gasteiger partial charge is 0.466 e. The number of imidazole rings is 1. The van der Waals surface area contributed by atoms with E-state index in [0.29, 0.717) is 37.2 Å². The molecule has 1 N–H and O–H groups in total. The van der Waals surface area contributed by atoms with Gasteiger partial charge in [-0.15, -0.1) is 0 Å². The van der Waals surface area contributed by atoms with E-state index in [1.165, 1.54) is 5.56 Å². The van der Waals surface area contributed by atoms with Gasteiger partial charge in [-0.3, -0.25) is 4.79 Å². The second-order valence-electron chi connectivity index (χ2n) is 10.4. The highest BCUT2D eigenvalue weighted by Crippen LogP contribution is 2.63. The fraction of sp³-hybridized carbons (Fsp3) is 0.536. The van der Waals surface area contributed by atoms with Crippen LogP contribution in [0.25, 0.3) is 11.3 Å². The molecule has 8 nitrogen and oxygen atoms in total. The Morgan fingerprint density at radius 2 is 2.03 bits per heavy atom. The fourth-order valence-corrected chi connectivity index (χ4v) is 5.74. The van der Waals surface area contributed by atoms with Crippen molar-refractivity contribution in [2.45, 2.75) is 58.1 Å². The lowest BCUT2D eigenvalue weighted by atomic mass is 9.91. The maximum atomic E-state index is 11.9. The van der Waals surface area contributed by atoms with Gasteiger partial charge in [0.25, 0.3) is 0 Å². The van der Waals surface area contributed by atoms with Crippen molar-refractivity contribution in [3.63, 3.8) is 0 Å². The quantitative estimate of drug-likeness (QED) is 0.317. The van der Waals surface area contributed by atoms with Crippen LogP contribution in [0.15, 0.2) is 47.2 Å². The Hall–Kier alpha value is -2.97. The molecule has 0 bridgehead atoms. The smallest absolute Gasteiger partial charge is 0.307 e. The van der Waals surface area contributed by atoms with Gasteiger partial charge < -0.3 is 23.8 Å². The predicted octanol–water partition coefficient (Wildman–Crippen LogP) is 4.19. The molecule has 1 aliphatic carbocycles. The van der Waals surface area contributed by atoms with E-state index >= 15 is 0 Å². The summed E-state index contributed by atoms with van der Waals surface area (Å²) in [6.45, 7) is 10.1. The summed E-state index contributed by atoms with van der Waals surface area (Å²) in [7, 11) is 0. The lowest BCUT2D eigenvalue weighted by Crippen LogP contribution is -2.31. The average Bonchev–Trinajstić information content (AvgIpc) is 3.43. The third kappa shape index (κ3) is 4.84. The summed E-state index contributed by atoms with van der Waals surface area (Å²) < 4.78 is 12.8. The number of nitrogens with zero attached hydrogens (tertiary/aromatic N) is 4.